The first kappa shape index (κ1) is 15.0. The van der Waals surface area contributed by atoms with E-state index in [2.05, 4.69) is 0 Å². The van der Waals surface area contributed by atoms with Gasteiger partial charge in [0.2, 0.25) is 5.91 Å². The minimum atomic E-state index is -0.846. The van der Waals surface area contributed by atoms with E-state index in [1.165, 1.54) is 12.1 Å². The predicted molar refractivity (Wildman–Crippen MR) is 78.9 cm³/mol. The minimum Gasteiger partial charge on any atom is -0.481 e. The van der Waals surface area contributed by atoms with Crippen LogP contribution in [0.3, 0.4) is 0 Å². The number of likely N-dealkylation sites (tertiary alicyclic amines) is 1. The molecule has 1 saturated carbocycles. The lowest BCUT2D eigenvalue weighted by molar-refractivity contribution is -0.142. The number of benzene rings is 1. The van der Waals surface area contributed by atoms with Crippen molar-refractivity contribution in [2.45, 2.75) is 37.5 Å². The molecule has 1 unspecified atom stereocenters. The van der Waals surface area contributed by atoms with Gasteiger partial charge >= 0.3 is 5.97 Å². The topological polar surface area (TPSA) is 57.6 Å². The molecule has 22 heavy (non-hydrogen) atoms. The van der Waals surface area contributed by atoms with Gasteiger partial charge in [-0.2, -0.15) is 0 Å². The fourth-order valence-corrected chi connectivity index (χ4v) is 3.84. The lowest BCUT2D eigenvalue weighted by Crippen LogP contribution is -2.44. The quantitative estimate of drug-likeness (QED) is 0.933. The third-order valence-corrected chi connectivity index (χ3v) is 5.07. The van der Waals surface area contributed by atoms with Gasteiger partial charge in [0, 0.05) is 13.1 Å². The first-order valence-electron chi connectivity index (χ1n) is 7.81. The number of aliphatic carboxylic acids is 1. The Morgan fingerprint density at radius 2 is 2.00 bits per heavy atom. The van der Waals surface area contributed by atoms with E-state index in [0.29, 0.717) is 25.8 Å². The maximum Gasteiger partial charge on any atom is 0.308 e. The number of amides is 1. The number of halogens is 1. The number of carboxylic acid groups (broad SMARTS) is 1. The van der Waals surface area contributed by atoms with Gasteiger partial charge in [0.25, 0.3) is 0 Å². The molecular formula is C17H20FNO3. The normalized spacial score (nSPS) is 23.7. The van der Waals surface area contributed by atoms with E-state index in [9.17, 15) is 14.0 Å². The number of rotatable bonds is 3. The Kier molecular flexibility index (Phi) is 3.89. The SMILES string of the molecule is O=C(O)C1CCN(C(=O)C2(c3cccc(F)c3)CCCC2)C1. The van der Waals surface area contributed by atoms with Gasteiger partial charge in [-0.05, 0) is 37.0 Å². The molecule has 5 heteroatoms. The molecule has 1 aromatic carbocycles. The fraction of sp³-hybridized carbons (Fsp3) is 0.529. The van der Waals surface area contributed by atoms with Crippen molar-refractivity contribution in [3.05, 3.63) is 35.6 Å². The third-order valence-electron chi connectivity index (χ3n) is 5.07. The van der Waals surface area contributed by atoms with Crippen LogP contribution < -0.4 is 0 Å². The summed E-state index contributed by atoms with van der Waals surface area (Å²) in [5.41, 5.74) is 0.0592. The number of hydrogen-bond donors (Lipinski definition) is 1. The molecule has 1 saturated heterocycles. The fourth-order valence-electron chi connectivity index (χ4n) is 3.84. The molecule has 1 aromatic rings. The highest BCUT2D eigenvalue weighted by molar-refractivity contribution is 5.89. The summed E-state index contributed by atoms with van der Waals surface area (Å²) in [5, 5.41) is 9.11. The molecule has 4 nitrogen and oxygen atoms in total. The van der Waals surface area contributed by atoms with Crippen LogP contribution in [-0.4, -0.2) is 35.0 Å². The maximum atomic E-state index is 13.6. The zero-order valence-electron chi connectivity index (χ0n) is 12.4. The van der Waals surface area contributed by atoms with E-state index in [1.807, 2.05) is 6.07 Å². The van der Waals surface area contributed by atoms with Gasteiger partial charge in [-0.1, -0.05) is 25.0 Å². The van der Waals surface area contributed by atoms with E-state index in [-0.39, 0.29) is 18.3 Å². The third kappa shape index (κ3) is 2.49. The van der Waals surface area contributed by atoms with Crippen LogP contribution in [0.1, 0.15) is 37.7 Å². The van der Waals surface area contributed by atoms with Crippen LogP contribution in [0.25, 0.3) is 0 Å². The molecule has 2 fully saturated rings. The van der Waals surface area contributed by atoms with E-state index < -0.39 is 17.3 Å². The average Bonchev–Trinajstić information content (AvgIpc) is 3.17. The van der Waals surface area contributed by atoms with Crippen LogP contribution in [-0.2, 0) is 15.0 Å². The first-order chi connectivity index (χ1) is 10.5. The van der Waals surface area contributed by atoms with Gasteiger partial charge < -0.3 is 10.0 Å². The zero-order valence-corrected chi connectivity index (χ0v) is 12.4. The standard InChI is InChI=1S/C17H20FNO3/c18-14-5-3-4-13(10-14)17(7-1-2-8-17)16(22)19-9-6-12(11-19)15(20)21/h3-5,10,12H,1-2,6-9,11H2,(H,20,21). The van der Waals surface area contributed by atoms with Crippen molar-refractivity contribution in [1.29, 1.82) is 0 Å². The van der Waals surface area contributed by atoms with Crippen molar-refractivity contribution < 1.29 is 19.1 Å². The number of carboxylic acids is 1. The molecule has 1 amide bonds. The molecule has 2 aliphatic rings. The monoisotopic (exact) mass is 305 g/mol. The van der Waals surface area contributed by atoms with Crippen LogP contribution in [0.2, 0.25) is 0 Å². The summed E-state index contributed by atoms with van der Waals surface area (Å²) >= 11 is 0. The van der Waals surface area contributed by atoms with Gasteiger partial charge in [-0.15, -0.1) is 0 Å². The smallest absolute Gasteiger partial charge is 0.308 e. The number of nitrogens with zero attached hydrogens (tertiary/aromatic N) is 1. The van der Waals surface area contributed by atoms with Crippen molar-refractivity contribution in [1.82, 2.24) is 4.90 Å². The van der Waals surface area contributed by atoms with Crippen LogP contribution in [0, 0.1) is 11.7 Å². The van der Waals surface area contributed by atoms with Gasteiger partial charge in [0.15, 0.2) is 0 Å². The number of carbonyl (C=O) groups excluding carboxylic acids is 1. The second-order valence-corrected chi connectivity index (χ2v) is 6.37. The Morgan fingerprint density at radius 1 is 1.27 bits per heavy atom. The maximum absolute atomic E-state index is 13.6. The Morgan fingerprint density at radius 3 is 2.59 bits per heavy atom. The Balaban J connectivity index is 1.88. The molecule has 0 spiro atoms. The van der Waals surface area contributed by atoms with Crippen molar-refractivity contribution >= 4 is 11.9 Å². The van der Waals surface area contributed by atoms with Crippen LogP contribution in [0.4, 0.5) is 4.39 Å². The average molecular weight is 305 g/mol. The van der Waals surface area contributed by atoms with E-state index >= 15 is 0 Å². The van der Waals surface area contributed by atoms with E-state index in [0.717, 1.165) is 18.4 Å². The van der Waals surface area contributed by atoms with Crippen LogP contribution in [0.5, 0.6) is 0 Å². The molecular weight excluding hydrogens is 285 g/mol. The lowest BCUT2D eigenvalue weighted by atomic mass is 9.77. The van der Waals surface area contributed by atoms with Crippen molar-refractivity contribution in [2.24, 2.45) is 5.92 Å². The second kappa shape index (κ2) is 5.71. The Labute approximate surface area is 128 Å². The zero-order chi connectivity index (χ0) is 15.7. The number of carbonyl (C=O) groups is 2. The van der Waals surface area contributed by atoms with Gasteiger partial charge in [0.05, 0.1) is 11.3 Å². The highest BCUT2D eigenvalue weighted by atomic mass is 19.1. The van der Waals surface area contributed by atoms with Crippen molar-refractivity contribution in [2.75, 3.05) is 13.1 Å². The molecule has 1 heterocycles. The summed E-state index contributed by atoms with van der Waals surface area (Å²) in [5.74, 6) is -1.68. The molecule has 3 rings (SSSR count). The summed E-state index contributed by atoms with van der Waals surface area (Å²) in [6.07, 6.45) is 3.81. The number of hydrogen-bond acceptors (Lipinski definition) is 2. The van der Waals surface area contributed by atoms with Gasteiger partial charge in [-0.25, -0.2) is 4.39 Å². The second-order valence-electron chi connectivity index (χ2n) is 6.37. The molecule has 1 aliphatic carbocycles. The summed E-state index contributed by atoms with van der Waals surface area (Å²) in [6.45, 7) is 0.748. The summed E-state index contributed by atoms with van der Waals surface area (Å²) in [6, 6.07) is 6.29. The summed E-state index contributed by atoms with van der Waals surface area (Å²) in [4.78, 5) is 25.8. The van der Waals surface area contributed by atoms with Crippen molar-refractivity contribution in [3.63, 3.8) is 0 Å². The van der Waals surface area contributed by atoms with Gasteiger partial charge in [-0.3, -0.25) is 9.59 Å². The minimum absolute atomic E-state index is 0.0284. The van der Waals surface area contributed by atoms with Crippen molar-refractivity contribution in [3.8, 4) is 0 Å². The molecule has 118 valence electrons. The lowest BCUT2D eigenvalue weighted by Gasteiger charge is -2.33. The Bertz CT molecular complexity index is 595. The van der Waals surface area contributed by atoms with Crippen LogP contribution >= 0.6 is 0 Å². The largest absolute Gasteiger partial charge is 0.481 e. The molecule has 1 N–H and O–H groups in total. The predicted octanol–water partition coefficient (Wildman–Crippen LogP) is 2.57. The molecule has 1 aliphatic heterocycles. The first-order valence-corrected chi connectivity index (χ1v) is 7.81. The van der Waals surface area contributed by atoms with Gasteiger partial charge in [0.1, 0.15) is 5.82 Å². The summed E-state index contributed by atoms with van der Waals surface area (Å²) in [7, 11) is 0. The highest BCUT2D eigenvalue weighted by Gasteiger charge is 2.46. The highest BCUT2D eigenvalue weighted by Crippen LogP contribution is 2.43. The molecule has 0 aromatic heterocycles. The Hall–Kier alpha value is -1.91. The van der Waals surface area contributed by atoms with E-state index in [1.54, 1.807) is 11.0 Å². The summed E-state index contributed by atoms with van der Waals surface area (Å²) < 4.78 is 13.6. The molecule has 0 radical (unpaired) electrons. The van der Waals surface area contributed by atoms with E-state index in [4.69, 9.17) is 5.11 Å². The molecule has 0 bridgehead atoms. The molecule has 1 atom stereocenters. The van der Waals surface area contributed by atoms with Crippen LogP contribution in [0.15, 0.2) is 24.3 Å².